The number of hydrogen-bond donors (Lipinski definition) is 2. The second-order valence-corrected chi connectivity index (χ2v) is 5.58. The molecule has 0 atom stereocenters. The molecule has 25 heavy (non-hydrogen) atoms. The van der Waals surface area contributed by atoms with Gasteiger partial charge in [-0.2, -0.15) is 0 Å². The van der Waals surface area contributed by atoms with Crippen molar-refractivity contribution in [1.29, 1.82) is 0 Å². The van der Waals surface area contributed by atoms with E-state index in [-0.39, 0.29) is 25.5 Å². The van der Waals surface area contributed by atoms with Crippen LogP contribution in [0.2, 0.25) is 0 Å². The van der Waals surface area contributed by atoms with Gasteiger partial charge in [-0.1, -0.05) is 6.92 Å². The minimum atomic E-state index is -0.849. The molecular formula is C17H23BN2O5. The molecule has 2 radical (unpaired) electrons. The van der Waals surface area contributed by atoms with Gasteiger partial charge < -0.3 is 20.1 Å². The monoisotopic (exact) mass is 346 g/mol. The van der Waals surface area contributed by atoms with E-state index in [1.807, 2.05) is 6.92 Å². The molecule has 0 heterocycles. The second kappa shape index (κ2) is 10.4. The van der Waals surface area contributed by atoms with Crippen molar-refractivity contribution < 1.29 is 23.9 Å². The van der Waals surface area contributed by atoms with Gasteiger partial charge in [0.15, 0.2) is 0 Å². The standard InChI is InChI=1S/C17H23BN2O5/c1-4-6-19-14(21)5-7-20-17(23)25-15-11(2)8-13(9-12(15)3)10-24-16(18)22/h8-9H,4-7,10H2,1-3H3,(H,19,21)(H,20,23). The molecule has 0 bridgehead atoms. The Kier molecular flexibility index (Phi) is 8.53. The zero-order valence-electron chi connectivity index (χ0n) is 14.8. The second-order valence-electron chi connectivity index (χ2n) is 5.58. The smallest absolute Gasteiger partial charge is 0.412 e. The summed E-state index contributed by atoms with van der Waals surface area (Å²) >= 11 is 0. The van der Waals surface area contributed by atoms with Crippen molar-refractivity contribution in [2.24, 2.45) is 0 Å². The number of hydrogen-bond acceptors (Lipinski definition) is 5. The Labute approximate surface area is 148 Å². The van der Waals surface area contributed by atoms with Crippen LogP contribution in [-0.2, 0) is 16.1 Å². The van der Waals surface area contributed by atoms with Crippen molar-refractivity contribution in [1.82, 2.24) is 10.6 Å². The van der Waals surface area contributed by atoms with E-state index >= 15 is 0 Å². The first-order valence-electron chi connectivity index (χ1n) is 8.08. The Morgan fingerprint density at radius 3 is 2.28 bits per heavy atom. The number of ether oxygens (including phenoxy) is 2. The molecule has 0 aliphatic rings. The molecule has 8 heteroatoms. The molecule has 0 aliphatic carbocycles. The molecule has 1 aromatic rings. The zero-order valence-corrected chi connectivity index (χ0v) is 14.8. The summed E-state index contributed by atoms with van der Waals surface area (Å²) in [7, 11) is 4.94. The number of nitrogens with one attached hydrogen (secondary N) is 2. The molecule has 1 aromatic carbocycles. The number of rotatable bonds is 8. The van der Waals surface area contributed by atoms with Crippen molar-refractivity contribution in [3.63, 3.8) is 0 Å². The molecule has 2 N–H and O–H groups in total. The highest BCUT2D eigenvalue weighted by Gasteiger charge is 2.12. The Morgan fingerprint density at radius 1 is 1.08 bits per heavy atom. The number of amides is 2. The predicted octanol–water partition coefficient (Wildman–Crippen LogP) is 2.11. The van der Waals surface area contributed by atoms with Crippen molar-refractivity contribution >= 4 is 25.7 Å². The SMILES string of the molecule is [B]C(=O)OCc1cc(C)c(OC(=O)NCCC(=O)NCCC)c(C)c1. The van der Waals surface area contributed by atoms with Gasteiger partial charge in [0, 0.05) is 19.5 Å². The fraction of sp³-hybridized carbons (Fsp3) is 0.471. The minimum absolute atomic E-state index is 0.0519. The average molecular weight is 346 g/mol. The molecule has 7 nitrogen and oxygen atoms in total. The van der Waals surface area contributed by atoms with Crippen LogP contribution in [0.1, 0.15) is 36.5 Å². The van der Waals surface area contributed by atoms with Gasteiger partial charge in [-0.05, 0) is 49.1 Å². The molecule has 2 amide bonds. The summed E-state index contributed by atoms with van der Waals surface area (Å²) in [6.45, 7) is 6.38. The summed E-state index contributed by atoms with van der Waals surface area (Å²) in [4.78, 5) is 34.0. The first-order valence-corrected chi connectivity index (χ1v) is 8.08. The van der Waals surface area contributed by atoms with Crippen LogP contribution in [-0.4, -0.2) is 38.8 Å². The van der Waals surface area contributed by atoms with Crippen LogP contribution in [0, 0.1) is 13.8 Å². The van der Waals surface area contributed by atoms with Gasteiger partial charge in [0.25, 0.3) is 0 Å². The van der Waals surface area contributed by atoms with E-state index in [0.29, 0.717) is 12.3 Å². The largest absolute Gasteiger partial charge is 0.470 e. The lowest BCUT2D eigenvalue weighted by molar-refractivity contribution is -0.120. The zero-order chi connectivity index (χ0) is 18.8. The highest BCUT2D eigenvalue weighted by atomic mass is 16.6. The lowest BCUT2D eigenvalue weighted by atomic mass is 10.1. The third-order valence-corrected chi connectivity index (χ3v) is 3.29. The van der Waals surface area contributed by atoms with E-state index in [1.165, 1.54) is 0 Å². The normalized spacial score (nSPS) is 10.0. The van der Waals surface area contributed by atoms with Gasteiger partial charge in [-0.25, -0.2) is 4.79 Å². The first kappa shape index (κ1) is 20.5. The van der Waals surface area contributed by atoms with E-state index in [1.54, 1.807) is 26.0 Å². The summed E-state index contributed by atoms with van der Waals surface area (Å²) in [5.41, 5.74) is 2.19. The van der Waals surface area contributed by atoms with E-state index < -0.39 is 12.0 Å². The van der Waals surface area contributed by atoms with E-state index in [0.717, 1.165) is 23.1 Å². The van der Waals surface area contributed by atoms with E-state index in [2.05, 4.69) is 10.6 Å². The average Bonchev–Trinajstić information content (AvgIpc) is 2.54. The summed E-state index contributed by atoms with van der Waals surface area (Å²) in [5.74, 6) is -0.540. The minimum Gasteiger partial charge on any atom is -0.470 e. The molecule has 0 spiro atoms. The number of aryl methyl sites for hydroxylation is 2. The molecule has 0 aliphatic heterocycles. The molecular weight excluding hydrogens is 323 g/mol. The lowest BCUT2D eigenvalue weighted by Gasteiger charge is -2.13. The summed E-state index contributed by atoms with van der Waals surface area (Å²) in [6.07, 6.45) is 0.423. The van der Waals surface area contributed by atoms with Gasteiger partial charge >= 0.3 is 6.09 Å². The maximum absolute atomic E-state index is 11.9. The number of carbonyl (C=O) groups is 3. The van der Waals surface area contributed by atoms with E-state index in [9.17, 15) is 14.4 Å². The summed E-state index contributed by atoms with van der Waals surface area (Å²) < 4.78 is 10.0. The summed E-state index contributed by atoms with van der Waals surface area (Å²) in [5, 5.41) is 5.26. The molecule has 0 saturated carbocycles. The fourth-order valence-corrected chi connectivity index (χ4v) is 2.20. The Hall–Kier alpha value is -2.51. The van der Waals surface area contributed by atoms with Gasteiger partial charge in [0.05, 0.1) is 0 Å². The lowest BCUT2D eigenvalue weighted by Crippen LogP contribution is -2.32. The predicted molar refractivity (Wildman–Crippen MR) is 93.8 cm³/mol. The molecule has 134 valence electrons. The Morgan fingerprint density at radius 2 is 1.72 bits per heavy atom. The van der Waals surface area contributed by atoms with Crippen molar-refractivity contribution in [2.45, 2.75) is 40.2 Å². The fourth-order valence-electron chi connectivity index (χ4n) is 2.20. The first-order chi connectivity index (χ1) is 11.8. The number of benzene rings is 1. The number of carbonyl (C=O) groups excluding carboxylic acids is 3. The summed E-state index contributed by atoms with van der Waals surface area (Å²) in [6, 6.07) is 3.49. The molecule has 0 fully saturated rings. The third kappa shape index (κ3) is 7.74. The quantitative estimate of drug-likeness (QED) is 0.703. The van der Waals surface area contributed by atoms with Crippen LogP contribution in [0.15, 0.2) is 12.1 Å². The van der Waals surface area contributed by atoms with Gasteiger partial charge in [-0.15, -0.1) is 0 Å². The van der Waals surface area contributed by atoms with Gasteiger partial charge in [0.1, 0.15) is 12.4 Å². The van der Waals surface area contributed by atoms with Crippen molar-refractivity contribution in [3.8, 4) is 5.75 Å². The van der Waals surface area contributed by atoms with Crippen molar-refractivity contribution in [2.75, 3.05) is 13.1 Å². The van der Waals surface area contributed by atoms with Gasteiger partial charge in [-0.3, -0.25) is 9.59 Å². The van der Waals surface area contributed by atoms with Crippen LogP contribution in [0.3, 0.4) is 0 Å². The molecule has 0 saturated heterocycles. The van der Waals surface area contributed by atoms with Crippen LogP contribution in [0.25, 0.3) is 0 Å². The third-order valence-electron chi connectivity index (χ3n) is 3.29. The highest BCUT2D eigenvalue weighted by Crippen LogP contribution is 2.25. The molecule has 1 rings (SSSR count). The Balaban J connectivity index is 2.53. The molecule has 0 aromatic heterocycles. The van der Waals surface area contributed by atoms with Crippen LogP contribution >= 0.6 is 0 Å². The van der Waals surface area contributed by atoms with E-state index in [4.69, 9.17) is 17.3 Å². The highest BCUT2D eigenvalue weighted by molar-refractivity contribution is 6.55. The Bertz CT molecular complexity index is 610. The maximum Gasteiger partial charge on any atom is 0.412 e. The van der Waals surface area contributed by atoms with Crippen LogP contribution < -0.4 is 15.4 Å². The van der Waals surface area contributed by atoms with Gasteiger partial charge in [0.2, 0.25) is 19.6 Å². The van der Waals surface area contributed by atoms with Crippen molar-refractivity contribution in [3.05, 3.63) is 28.8 Å². The van der Waals surface area contributed by atoms with Crippen LogP contribution in [0.5, 0.6) is 5.75 Å². The maximum atomic E-state index is 11.9. The topological polar surface area (TPSA) is 93.7 Å². The van der Waals surface area contributed by atoms with Crippen LogP contribution in [0.4, 0.5) is 9.59 Å². The molecule has 0 unspecified atom stereocenters.